The van der Waals surface area contributed by atoms with E-state index in [2.05, 4.69) is 10.4 Å². The van der Waals surface area contributed by atoms with Crippen molar-refractivity contribution in [2.24, 2.45) is 11.6 Å². The van der Waals surface area contributed by atoms with E-state index < -0.39 is 0 Å². The number of nitrogens with one attached hydrogen (secondary N) is 1. The van der Waals surface area contributed by atoms with E-state index in [0.29, 0.717) is 5.70 Å². The number of rotatable bonds is 2. The Morgan fingerprint density at radius 3 is 2.92 bits per heavy atom. The number of hydrogen-bond donors (Lipinski definition) is 3. The van der Waals surface area contributed by atoms with Crippen molar-refractivity contribution in [1.82, 2.24) is 10.4 Å². The molecule has 5 N–H and O–H groups in total. The number of hydrazine groups is 1. The van der Waals surface area contributed by atoms with Gasteiger partial charge in [0.1, 0.15) is 0 Å². The van der Waals surface area contributed by atoms with Crippen LogP contribution in [0.15, 0.2) is 24.5 Å². The predicted octanol–water partition coefficient (Wildman–Crippen LogP) is 0.110. The van der Waals surface area contributed by atoms with E-state index >= 15 is 0 Å². The van der Waals surface area contributed by atoms with E-state index in [9.17, 15) is 0 Å². The van der Waals surface area contributed by atoms with E-state index in [1.54, 1.807) is 6.20 Å². The van der Waals surface area contributed by atoms with Gasteiger partial charge in [-0.05, 0) is 18.6 Å². The molecule has 1 aromatic heterocycles. The highest BCUT2D eigenvalue weighted by Gasteiger charge is 2.02. The first kappa shape index (κ1) is 8.55. The highest BCUT2D eigenvalue weighted by atomic mass is 15.2. The highest BCUT2D eigenvalue weighted by Crippen LogP contribution is 2.10. The van der Waals surface area contributed by atoms with Crippen LogP contribution in [0.2, 0.25) is 0 Å². The summed E-state index contributed by atoms with van der Waals surface area (Å²) in [6.45, 7) is 1.95. The fraction of sp³-hybridized carbons (Fsp3) is 0.125. The molecule has 0 aromatic carbocycles. The zero-order chi connectivity index (χ0) is 8.97. The second-order valence-electron chi connectivity index (χ2n) is 2.39. The first-order valence-electron chi connectivity index (χ1n) is 3.60. The molecule has 0 radical (unpaired) electrons. The smallest absolute Gasteiger partial charge is 0.0918 e. The fourth-order valence-corrected chi connectivity index (χ4v) is 0.963. The Kier molecular flexibility index (Phi) is 2.66. The Morgan fingerprint density at radius 1 is 1.67 bits per heavy atom. The Morgan fingerprint density at radius 2 is 2.42 bits per heavy atom. The fourth-order valence-electron chi connectivity index (χ4n) is 0.963. The number of aryl methyl sites for hydroxylation is 1. The van der Waals surface area contributed by atoms with Gasteiger partial charge in [-0.1, -0.05) is 6.07 Å². The molecule has 0 aliphatic heterocycles. The maximum Gasteiger partial charge on any atom is 0.0918 e. The monoisotopic (exact) mass is 164 g/mol. The third-order valence-corrected chi connectivity index (χ3v) is 1.59. The van der Waals surface area contributed by atoms with E-state index in [4.69, 9.17) is 11.6 Å². The van der Waals surface area contributed by atoms with Gasteiger partial charge < -0.3 is 11.2 Å². The molecule has 64 valence electrons. The Labute approximate surface area is 71.3 Å². The molecule has 0 amide bonds. The van der Waals surface area contributed by atoms with Crippen LogP contribution in [0.3, 0.4) is 0 Å². The molecule has 1 heterocycles. The van der Waals surface area contributed by atoms with Gasteiger partial charge in [0.15, 0.2) is 0 Å². The minimum absolute atomic E-state index is 0.633. The Balaban J connectivity index is 3.10. The lowest BCUT2D eigenvalue weighted by Gasteiger charge is -2.06. The van der Waals surface area contributed by atoms with Crippen molar-refractivity contribution in [3.8, 4) is 0 Å². The first-order chi connectivity index (χ1) is 5.79. The van der Waals surface area contributed by atoms with Crippen molar-refractivity contribution in [1.29, 1.82) is 0 Å². The Hall–Kier alpha value is -1.55. The van der Waals surface area contributed by atoms with Crippen LogP contribution < -0.4 is 17.0 Å². The van der Waals surface area contributed by atoms with Crippen molar-refractivity contribution in [3.63, 3.8) is 0 Å². The quantitative estimate of drug-likeness (QED) is 0.428. The maximum atomic E-state index is 5.34. The molecule has 0 saturated heterocycles. The van der Waals surface area contributed by atoms with Gasteiger partial charge in [-0.15, -0.1) is 0 Å². The molecule has 12 heavy (non-hydrogen) atoms. The van der Waals surface area contributed by atoms with Crippen molar-refractivity contribution < 1.29 is 0 Å². The lowest BCUT2D eigenvalue weighted by Crippen LogP contribution is -2.22. The summed E-state index contributed by atoms with van der Waals surface area (Å²) >= 11 is 0. The number of pyridine rings is 1. The molecule has 1 rings (SSSR count). The summed E-state index contributed by atoms with van der Waals surface area (Å²) in [6, 6.07) is 3.81. The van der Waals surface area contributed by atoms with Crippen molar-refractivity contribution in [2.75, 3.05) is 0 Å². The number of hydrogen-bond acceptors (Lipinski definition) is 4. The summed E-state index contributed by atoms with van der Waals surface area (Å²) in [4.78, 5) is 4.13. The minimum atomic E-state index is 0.633. The molecule has 0 saturated carbocycles. The molecule has 1 aromatic rings. The molecular formula is C8H12N4. The molecule has 4 nitrogen and oxygen atoms in total. The molecule has 0 aliphatic rings. The molecular weight excluding hydrogens is 152 g/mol. The molecule has 0 spiro atoms. The van der Waals surface area contributed by atoms with Crippen LogP contribution in [-0.2, 0) is 0 Å². The molecule has 0 bridgehead atoms. The van der Waals surface area contributed by atoms with Gasteiger partial charge in [0.05, 0.1) is 11.4 Å². The van der Waals surface area contributed by atoms with Crippen LogP contribution in [-0.4, -0.2) is 4.98 Å². The predicted molar refractivity (Wildman–Crippen MR) is 48.5 cm³/mol. The topological polar surface area (TPSA) is 77.0 Å². The third kappa shape index (κ3) is 1.54. The third-order valence-electron chi connectivity index (χ3n) is 1.59. The highest BCUT2D eigenvalue weighted by molar-refractivity contribution is 5.62. The largest absolute Gasteiger partial charge is 0.403 e. The number of aromatic nitrogens is 1. The summed E-state index contributed by atoms with van der Waals surface area (Å²) in [5.74, 6) is 5.25. The van der Waals surface area contributed by atoms with Gasteiger partial charge >= 0.3 is 0 Å². The van der Waals surface area contributed by atoms with Gasteiger partial charge in [-0.3, -0.25) is 10.8 Å². The lowest BCUT2D eigenvalue weighted by molar-refractivity contribution is 0.968. The summed E-state index contributed by atoms with van der Waals surface area (Å²) in [7, 11) is 0. The van der Waals surface area contributed by atoms with E-state index in [1.165, 1.54) is 6.20 Å². The SMILES string of the molecule is Cc1cccnc1/C(=C/N)NN. The van der Waals surface area contributed by atoms with E-state index in [-0.39, 0.29) is 0 Å². The van der Waals surface area contributed by atoms with Gasteiger partial charge in [0.25, 0.3) is 0 Å². The van der Waals surface area contributed by atoms with Crippen molar-refractivity contribution in [3.05, 3.63) is 35.8 Å². The van der Waals surface area contributed by atoms with Crippen LogP contribution in [0.4, 0.5) is 0 Å². The average molecular weight is 164 g/mol. The zero-order valence-electron chi connectivity index (χ0n) is 6.91. The summed E-state index contributed by atoms with van der Waals surface area (Å²) in [5.41, 5.74) is 10.3. The molecule has 0 unspecified atom stereocenters. The van der Waals surface area contributed by atoms with Crippen LogP contribution >= 0.6 is 0 Å². The van der Waals surface area contributed by atoms with E-state index in [1.807, 2.05) is 19.1 Å². The Bertz CT molecular complexity index is 293. The van der Waals surface area contributed by atoms with E-state index in [0.717, 1.165) is 11.3 Å². The van der Waals surface area contributed by atoms with Gasteiger partial charge in [-0.2, -0.15) is 0 Å². The van der Waals surface area contributed by atoms with Gasteiger partial charge in [0.2, 0.25) is 0 Å². The minimum Gasteiger partial charge on any atom is -0.403 e. The summed E-state index contributed by atoms with van der Waals surface area (Å²) in [6.07, 6.45) is 3.10. The van der Waals surface area contributed by atoms with Crippen LogP contribution in [0.5, 0.6) is 0 Å². The van der Waals surface area contributed by atoms with Crippen LogP contribution in [0.1, 0.15) is 11.3 Å². The normalized spacial score (nSPS) is 11.3. The standard InChI is InChI=1S/C8H12N4/c1-6-3-2-4-11-8(6)7(5-9)12-10/h2-5,12H,9-10H2,1H3/b7-5-. The number of nitrogens with two attached hydrogens (primary N) is 2. The molecule has 0 aliphatic carbocycles. The number of nitrogens with zero attached hydrogens (tertiary/aromatic N) is 1. The molecule has 4 heteroatoms. The first-order valence-corrected chi connectivity index (χ1v) is 3.60. The maximum absolute atomic E-state index is 5.34. The summed E-state index contributed by atoms with van der Waals surface area (Å²) < 4.78 is 0. The van der Waals surface area contributed by atoms with Crippen molar-refractivity contribution in [2.45, 2.75) is 6.92 Å². The second-order valence-corrected chi connectivity index (χ2v) is 2.39. The zero-order valence-corrected chi connectivity index (χ0v) is 6.91. The van der Waals surface area contributed by atoms with Gasteiger partial charge in [-0.25, -0.2) is 0 Å². The molecule has 0 atom stereocenters. The van der Waals surface area contributed by atoms with Gasteiger partial charge in [0, 0.05) is 12.4 Å². The summed E-state index contributed by atoms with van der Waals surface area (Å²) in [5, 5.41) is 0. The van der Waals surface area contributed by atoms with Crippen LogP contribution in [0.25, 0.3) is 5.70 Å². The molecule has 0 fully saturated rings. The second kappa shape index (κ2) is 3.73. The van der Waals surface area contributed by atoms with Crippen LogP contribution in [0, 0.1) is 6.92 Å². The van der Waals surface area contributed by atoms with Crippen molar-refractivity contribution >= 4 is 5.70 Å². The average Bonchev–Trinajstić information content (AvgIpc) is 2.10. The lowest BCUT2D eigenvalue weighted by atomic mass is 10.2.